The Morgan fingerprint density at radius 1 is 1.70 bits per heavy atom. The molecule has 2 nitrogen and oxygen atoms in total. The average molecular weight is 165 g/mol. The number of carbonyl (C=O) groups is 1. The molecule has 0 amide bonds. The summed E-state index contributed by atoms with van der Waals surface area (Å²) in [5, 5.41) is 8.12. The quantitative estimate of drug-likeness (QED) is 0.633. The van der Waals surface area contributed by atoms with Crippen LogP contribution in [0.1, 0.15) is 32.6 Å². The third-order valence-corrected chi connectivity index (χ3v) is 1.64. The van der Waals surface area contributed by atoms with Gasteiger partial charge in [-0.15, -0.1) is 11.6 Å². The van der Waals surface area contributed by atoms with Crippen molar-refractivity contribution in [3.63, 3.8) is 0 Å². The molecule has 60 valence electrons. The van der Waals surface area contributed by atoms with E-state index in [1.807, 2.05) is 0 Å². The zero-order valence-electron chi connectivity index (χ0n) is 6.14. The molecule has 0 saturated heterocycles. The fraction of sp³-hybridized carbons (Fsp3) is 0.857. The summed E-state index contributed by atoms with van der Waals surface area (Å²) in [5.74, 6) is -0.809. The predicted octanol–water partition coefficient (Wildman–Crippen LogP) is 2.26. The minimum Gasteiger partial charge on any atom is -0.481 e. The molecule has 0 fully saturated rings. The van der Waals surface area contributed by atoms with Crippen molar-refractivity contribution >= 4 is 17.6 Å². The number of halogens is 1. The van der Waals surface area contributed by atoms with Gasteiger partial charge in [0.2, 0.25) is 0 Å². The maximum Gasteiger partial charge on any atom is 0.304 e. The Balaban J connectivity index is 3.25. The van der Waals surface area contributed by atoms with E-state index in [1.54, 1.807) is 0 Å². The van der Waals surface area contributed by atoms with E-state index in [0.717, 1.165) is 19.3 Å². The first-order valence-corrected chi connectivity index (χ1v) is 3.96. The number of unbranched alkanes of at least 4 members (excludes halogenated alkanes) is 1. The van der Waals surface area contributed by atoms with Crippen LogP contribution in [-0.2, 0) is 4.79 Å². The van der Waals surface area contributed by atoms with Crippen LogP contribution in [0.4, 0.5) is 0 Å². The number of carboxylic acid groups (broad SMARTS) is 1. The molecule has 0 radical (unpaired) electrons. The van der Waals surface area contributed by atoms with Crippen LogP contribution < -0.4 is 0 Å². The highest BCUT2D eigenvalue weighted by atomic mass is 35.5. The Morgan fingerprint density at radius 2 is 2.30 bits per heavy atom. The summed E-state index contributed by atoms with van der Waals surface area (Å²) in [6.07, 6.45) is 2.98. The summed E-state index contributed by atoms with van der Waals surface area (Å²) >= 11 is 5.67. The predicted molar refractivity (Wildman–Crippen MR) is 41.4 cm³/mol. The molecule has 3 heteroatoms. The first kappa shape index (κ1) is 9.76. The Bertz CT molecular complexity index is 104. The third-order valence-electron chi connectivity index (χ3n) is 1.27. The molecule has 10 heavy (non-hydrogen) atoms. The summed E-state index contributed by atoms with van der Waals surface area (Å²) in [5.41, 5.74) is 0. The lowest BCUT2D eigenvalue weighted by Gasteiger charge is -2.03. The molecule has 0 heterocycles. The van der Waals surface area contributed by atoms with Crippen LogP contribution in [0.5, 0.6) is 0 Å². The summed E-state index contributed by atoms with van der Waals surface area (Å²) in [6.45, 7) is 2.06. The van der Waals surface area contributed by atoms with Gasteiger partial charge < -0.3 is 5.11 Å². The van der Waals surface area contributed by atoms with Gasteiger partial charge in [-0.2, -0.15) is 0 Å². The van der Waals surface area contributed by atoms with Gasteiger partial charge in [-0.25, -0.2) is 0 Å². The molecule has 0 bridgehead atoms. The molecule has 0 rings (SSSR count). The van der Waals surface area contributed by atoms with Crippen LogP contribution in [0.15, 0.2) is 0 Å². The van der Waals surface area contributed by atoms with Crippen molar-refractivity contribution in [3.05, 3.63) is 0 Å². The summed E-state index contributed by atoms with van der Waals surface area (Å²) in [7, 11) is 0. The molecule has 1 atom stereocenters. The summed E-state index contributed by atoms with van der Waals surface area (Å²) in [6, 6.07) is 0. The van der Waals surface area contributed by atoms with Crippen LogP contribution in [0, 0.1) is 0 Å². The van der Waals surface area contributed by atoms with E-state index in [0.29, 0.717) is 0 Å². The lowest BCUT2D eigenvalue weighted by molar-refractivity contribution is -0.137. The van der Waals surface area contributed by atoms with Gasteiger partial charge in [-0.05, 0) is 6.42 Å². The Hall–Kier alpha value is -0.240. The lowest BCUT2D eigenvalue weighted by Crippen LogP contribution is -2.06. The molecule has 0 spiro atoms. The van der Waals surface area contributed by atoms with Gasteiger partial charge in [0, 0.05) is 5.38 Å². The number of carboxylic acids is 1. The molecule has 0 aliphatic rings. The van der Waals surface area contributed by atoms with E-state index >= 15 is 0 Å². The first-order valence-electron chi connectivity index (χ1n) is 3.52. The third kappa shape index (κ3) is 5.89. The molecule has 0 aliphatic heterocycles. The van der Waals surface area contributed by atoms with Gasteiger partial charge in [0.05, 0.1) is 6.42 Å². The van der Waals surface area contributed by atoms with Crippen LogP contribution >= 0.6 is 11.6 Å². The number of hydrogen-bond acceptors (Lipinski definition) is 1. The zero-order valence-corrected chi connectivity index (χ0v) is 6.90. The molecular weight excluding hydrogens is 152 g/mol. The van der Waals surface area contributed by atoms with Crippen molar-refractivity contribution in [2.75, 3.05) is 0 Å². The van der Waals surface area contributed by atoms with Crippen molar-refractivity contribution in [2.45, 2.75) is 38.0 Å². The van der Waals surface area contributed by atoms with Gasteiger partial charge >= 0.3 is 5.97 Å². The number of rotatable bonds is 5. The first-order chi connectivity index (χ1) is 4.66. The van der Waals surface area contributed by atoms with Gasteiger partial charge in [0.25, 0.3) is 0 Å². The van der Waals surface area contributed by atoms with Gasteiger partial charge in [-0.3, -0.25) is 4.79 Å². The van der Waals surface area contributed by atoms with Gasteiger partial charge in [0.1, 0.15) is 0 Å². The smallest absolute Gasteiger partial charge is 0.304 e. The topological polar surface area (TPSA) is 37.3 Å². The Kier molecular flexibility index (Phi) is 5.40. The molecule has 0 aromatic heterocycles. The molecule has 0 aromatic rings. The second-order valence-corrected chi connectivity index (χ2v) is 2.95. The maximum atomic E-state index is 10.1. The number of hydrogen-bond donors (Lipinski definition) is 1. The van der Waals surface area contributed by atoms with Crippen molar-refractivity contribution in [1.82, 2.24) is 0 Å². The monoisotopic (exact) mass is 164 g/mol. The second-order valence-electron chi connectivity index (χ2n) is 2.34. The summed E-state index contributed by atoms with van der Waals surface area (Å²) in [4.78, 5) is 10.1. The highest BCUT2D eigenvalue weighted by Gasteiger charge is 2.07. The molecule has 0 aromatic carbocycles. The molecule has 0 saturated carbocycles. The second kappa shape index (κ2) is 5.54. The van der Waals surface area contributed by atoms with Crippen molar-refractivity contribution < 1.29 is 9.90 Å². The van der Waals surface area contributed by atoms with Gasteiger partial charge in [-0.1, -0.05) is 19.8 Å². The fourth-order valence-corrected chi connectivity index (χ4v) is 1.00. The largest absolute Gasteiger partial charge is 0.481 e. The van der Waals surface area contributed by atoms with Gasteiger partial charge in [0.15, 0.2) is 0 Å². The van der Waals surface area contributed by atoms with E-state index in [-0.39, 0.29) is 11.8 Å². The summed E-state index contributed by atoms with van der Waals surface area (Å²) < 4.78 is 0. The Labute approximate surface area is 66.2 Å². The molecular formula is C7H13ClO2. The van der Waals surface area contributed by atoms with Crippen molar-refractivity contribution in [3.8, 4) is 0 Å². The van der Waals surface area contributed by atoms with E-state index in [1.165, 1.54) is 0 Å². The SMILES string of the molecule is CCCC[C@@H](Cl)CC(=O)O. The van der Waals surface area contributed by atoms with Crippen LogP contribution in [0.2, 0.25) is 0 Å². The Morgan fingerprint density at radius 3 is 2.70 bits per heavy atom. The van der Waals surface area contributed by atoms with Crippen molar-refractivity contribution in [2.24, 2.45) is 0 Å². The highest BCUT2D eigenvalue weighted by Crippen LogP contribution is 2.10. The van der Waals surface area contributed by atoms with Crippen LogP contribution in [-0.4, -0.2) is 16.5 Å². The van der Waals surface area contributed by atoms with E-state index in [9.17, 15) is 4.79 Å². The molecule has 0 unspecified atom stereocenters. The minimum absolute atomic E-state index is 0.0849. The molecule has 1 N–H and O–H groups in total. The highest BCUT2D eigenvalue weighted by molar-refractivity contribution is 6.21. The van der Waals surface area contributed by atoms with Crippen LogP contribution in [0.3, 0.4) is 0 Å². The average Bonchev–Trinajstić information content (AvgIpc) is 1.82. The normalized spacial score (nSPS) is 13.0. The van der Waals surface area contributed by atoms with Crippen LogP contribution in [0.25, 0.3) is 0 Å². The minimum atomic E-state index is -0.809. The maximum absolute atomic E-state index is 10.1. The number of alkyl halides is 1. The van der Waals surface area contributed by atoms with Crippen molar-refractivity contribution in [1.29, 1.82) is 0 Å². The fourth-order valence-electron chi connectivity index (χ4n) is 0.717. The zero-order chi connectivity index (χ0) is 7.98. The van der Waals surface area contributed by atoms with E-state index < -0.39 is 5.97 Å². The van der Waals surface area contributed by atoms with E-state index in [4.69, 9.17) is 16.7 Å². The van der Waals surface area contributed by atoms with E-state index in [2.05, 4.69) is 6.92 Å². The lowest BCUT2D eigenvalue weighted by atomic mass is 10.1. The number of aliphatic carboxylic acids is 1. The molecule has 0 aliphatic carbocycles. The standard InChI is InChI=1S/C7H13ClO2/c1-2-3-4-6(8)5-7(9)10/h6H,2-5H2,1H3,(H,9,10)/t6-/m1/s1.